The first kappa shape index (κ1) is 12.8. The van der Waals surface area contributed by atoms with Crippen LogP contribution in [-0.2, 0) is 0 Å². The molecule has 90 valence electrons. The molecule has 1 atom stereocenters. The first-order valence-electron chi connectivity index (χ1n) is 5.47. The number of nitrogens with one attached hydrogen (secondary N) is 1. The van der Waals surface area contributed by atoms with E-state index >= 15 is 0 Å². The van der Waals surface area contributed by atoms with Crippen LogP contribution in [0.1, 0.15) is 32.6 Å². The van der Waals surface area contributed by atoms with Crippen LogP contribution in [0.3, 0.4) is 0 Å². The number of hydrogen-bond donors (Lipinski definition) is 2. The van der Waals surface area contributed by atoms with E-state index in [-0.39, 0.29) is 12.8 Å². The van der Waals surface area contributed by atoms with Crippen molar-refractivity contribution in [1.29, 1.82) is 0 Å². The van der Waals surface area contributed by atoms with Gasteiger partial charge in [0.1, 0.15) is 5.54 Å². The van der Waals surface area contributed by atoms with Crippen LogP contribution >= 0.6 is 0 Å². The van der Waals surface area contributed by atoms with E-state index in [2.05, 4.69) is 5.32 Å². The maximum absolute atomic E-state index is 12.5. The van der Waals surface area contributed by atoms with Gasteiger partial charge in [-0.15, -0.1) is 0 Å². The Bertz CT molecular complexity index is 195. The zero-order valence-corrected chi connectivity index (χ0v) is 9.03. The summed E-state index contributed by atoms with van der Waals surface area (Å²) in [5.74, 6) is 0.335. The van der Waals surface area contributed by atoms with Gasteiger partial charge in [-0.1, -0.05) is 13.3 Å². The van der Waals surface area contributed by atoms with Gasteiger partial charge in [-0.2, -0.15) is 13.2 Å². The molecule has 0 saturated heterocycles. The van der Waals surface area contributed by atoms with Crippen LogP contribution in [0.4, 0.5) is 13.2 Å². The van der Waals surface area contributed by atoms with Gasteiger partial charge in [0.05, 0.1) is 0 Å². The minimum absolute atomic E-state index is 0.218. The number of halogens is 3. The smallest absolute Gasteiger partial charge is 0.330 e. The van der Waals surface area contributed by atoms with Gasteiger partial charge in [0, 0.05) is 0 Å². The highest BCUT2D eigenvalue weighted by molar-refractivity contribution is 5.07. The van der Waals surface area contributed by atoms with Crippen molar-refractivity contribution < 1.29 is 13.2 Å². The Morgan fingerprint density at radius 2 is 2.00 bits per heavy atom. The van der Waals surface area contributed by atoms with Crippen LogP contribution in [0.5, 0.6) is 0 Å². The number of hydrogen-bond acceptors (Lipinski definition) is 2. The zero-order valence-electron chi connectivity index (χ0n) is 9.03. The maximum atomic E-state index is 12.5. The molecule has 1 unspecified atom stereocenters. The SMILES string of the molecule is CCC(CN)CCNC1(C(F)(F)F)CC1. The average Bonchev–Trinajstić information content (AvgIpc) is 2.92. The monoisotopic (exact) mass is 224 g/mol. The lowest BCUT2D eigenvalue weighted by molar-refractivity contribution is -0.165. The van der Waals surface area contributed by atoms with Crippen LogP contribution in [-0.4, -0.2) is 24.8 Å². The Morgan fingerprint density at radius 3 is 2.33 bits per heavy atom. The topological polar surface area (TPSA) is 38.0 Å². The third-order valence-corrected chi connectivity index (χ3v) is 3.22. The molecule has 0 amide bonds. The molecular formula is C10H19F3N2. The molecule has 3 N–H and O–H groups in total. The lowest BCUT2D eigenvalue weighted by atomic mass is 10.0. The third-order valence-electron chi connectivity index (χ3n) is 3.22. The predicted molar refractivity (Wildman–Crippen MR) is 53.5 cm³/mol. The van der Waals surface area contributed by atoms with Gasteiger partial charge in [-0.05, 0) is 38.3 Å². The van der Waals surface area contributed by atoms with Gasteiger partial charge in [0.2, 0.25) is 0 Å². The molecular weight excluding hydrogens is 205 g/mol. The second-order valence-electron chi connectivity index (χ2n) is 4.31. The molecule has 1 aliphatic carbocycles. The molecule has 1 aliphatic rings. The number of nitrogens with two attached hydrogens (primary N) is 1. The lowest BCUT2D eigenvalue weighted by Gasteiger charge is -2.22. The summed E-state index contributed by atoms with van der Waals surface area (Å²) >= 11 is 0. The summed E-state index contributed by atoms with van der Waals surface area (Å²) in [4.78, 5) is 0. The van der Waals surface area contributed by atoms with Gasteiger partial charge in [0.25, 0.3) is 0 Å². The van der Waals surface area contributed by atoms with Gasteiger partial charge in [0.15, 0.2) is 0 Å². The fourth-order valence-corrected chi connectivity index (χ4v) is 1.69. The number of rotatable bonds is 6. The highest BCUT2D eigenvalue weighted by Gasteiger charge is 2.62. The Hall–Kier alpha value is -0.290. The van der Waals surface area contributed by atoms with E-state index in [9.17, 15) is 13.2 Å². The van der Waals surface area contributed by atoms with E-state index in [4.69, 9.17) is 5.73 Å². The maximum Gasteiger partial charge on any atom is 0.406 e. The second kappa shape index (κ2) is 4.70. The molecule has 0 aromatic rings. The Labute approximate surface area is 88.4 Å². The minimum atomic E-state index is -4.10. The van der Waals surface area contributed by atoms with E-state index in [1.165, 1.54) is 0 Å². The first-order chi connectivity index (χ1) is 6.95. The molecule has 1 fully saturated rings. The van der Waals surface area contributed by atoms with Crippen LogP contribution in [0.2, 0.25) is 0 Å². The molecule has 0 aromatic carbocycles. The van der Waals surface area contributed by atoms with Crippen LogP contribution in [0.25, 0.3) is 0 Å². The minimum Gasteiger partial charge on any atom is -0.330 e. The van der Waals surface area contributed by atoms with E-state index in [1.54, 1.807) is 0 Å². The summed E-state index contributed by atoms with van der Waals surface area (Å²) in [6.45, 7) is 2.97. The van der Waals surface area contributed by atoms with E-state index in [0.717, 1.165) is 12.8 Å². The lowest BCUT2D eigenvalue weighted by Crippen LogP contribution is -2.45. The molecule has 1 rings (SSSR count). The molecule has 2 nitrogen and oxygen atoms in total. The van der Waals surface area contributed by atoms with Crippen LogP contribution < -0.4 is 11.1 Å². The zero-order chi connectivity index (χ0) is 11.5. The van der Waals surface area contributed by atoms with Gasteiger partial charge in [-0.25, -0.2) is 0 Å². The molecule has 0 heterocycles. The van der Waals surface area contributed by atoms with Crippen molar-refractivity contribution in [2.24, 2.45) is 11.7 Å². The molecule has 5 heteroatoms. The van der Waals surface area contributed by atoms with Crippen molar-refractivity contribution in [3.8, 4) is 0 Å². The van der Waals surface area contributed by atoms with Crippen molar-refractivity contribution in [3.63, 3.8) is 0 Å². The van der Waals surface area contributed by atoms with Gasteiger partial charge in [-0.3, -0.25) is 0 Å². The van der Waals surface area contributed by atoms with Crippen molar-refractivity contribution in [1.82, 2.24) is 5.32 Å². The third kappa shape index (κ3) is 3.08. The summed E-state index contributed by atoms with van der Waals surface area (Å²) in [7, 11) is 0. The molecule has 0 spiro atoms. The molecule has 1 saturated carbocycles. The first-order valence-corrected chi connectivity index (χ1v) is 5.47. The second-order valence-corrected chi connectivity index (χ2v) is 4.31. The standard InChI is InChI=1S/C10H19F3N2/c1-2-8(7-14)3-6-15-9(4-5-9)10(11,12)13/h8,15H,2-7,14H2,1H3. The summed E-state index contributed by atoms with van der Waals surface area (Å²) in [5, 5.41) is 2.63. The van der Waals surface area contributed by atoms with Crippen molar-refractivity contribution in [2.75, 3.05) is 13.1 Å². The Balaban J connectivity index is 2.26. The van der Waals surface area contributed by atoms with E-state index in [1.807, 2.05) is 6.92 Å². The van der Waals surface area contributed by atoms with Crippen LogP contribution in [0.15, 0.2) is 0 Å². The predicted octanol–water partition coefficient (Wildman–Crippen LogP) is 2.05. The van der Waals surface area contributed by atoms with Crippen LogP contribution in [0, 0.1) is 5.92 Å². The Kier molecular flexibility index (Phi) is 4.00. The average molecular weight is 224 g/mol. The highest BCUT2D eigenvalue weighted by Crippen LogP contribution is 2.48. The molecule has 0 aromatic heterocycles. The Morgan fingerprint density at radius 1 is 1.40 bits per heavy atom. The molecule has 0 radical (unpaired) electrons. The summed E-state index contributed by atoms with van der Waals surface area (Å²) in [6, 6.07) is 0. The largest absolute Gasteiger partial charge is 0.406 e. The van der Waals surface area contributed by atoms with E-state index < -0.39 is 11.7 Å². The quantitative estimate of drug-likeness (QED) is 0.724. The summed E-state index contributed by atoms with van der Waals surface area (Å²) < 4.78 is 37.5. The normalized spacial score (nSPS) is 21.4. The molecule has 0 aliphatic heterocycles. The molecule has 15 heavy (non-hydrogen) atoms. The van der Waals surface area contributed by atoms with Gasteiger partial charge >= 0.3 is 6.18 Å². The van der Waals surface area contributed by atoms with Crippen molar-refractivity contribution in [2.45, 2.75) is 44.3 Å². The fraction of sp³-hybridized carbons (Fsp3) is 1.00. The summed E-state index contributed by atoms with van der Waals surface area (Å²) in [6.07, 6.45) is -2.01. The summed E-state index contributed by atoms with van der Waals surface area (Å²) in [5.41, 5.74) is 3.91. The van der Waals surface area contributed by atoms with Crippen molar-refractivity contribution in [3.05, 3.63) is 0 Å². The molecule has 0 bridgehead atoms. The van der Waals surface area contributed by atoms with Crippen molar-refractivity contribution >= 4 is 0 Å². The number of alkyl halides is 3. The highest BCUT2D eigenvalue weighted by atomic mass is 19.4. The fourth-order valence-electron chi connectivity index (χ4n) is 1.69. The van der Waals surface area contributed by atoms with Gasteiger partial charge < -0.3 is 11.1 Å². The van der Waals surface area contributed by atoms with E-state index in [0.29, 0.717) is 19.0 Å².